The van der Waals surface area contributed by atoms with E-state index in [1.807, 2.05) is 27.3 Å². The maximum absolute atomic E-state index is 12.8. The van der Waals surface area contributed by atoms with E-state index in [0.717, 1.165) is 31.1 Å². The van der Waals surface area contributed by atoms with Crippen LogP contribution in [0.15, 0.2) is 35.7 Å². The highest BCUT2D eigenvalue weighted by Gasteiger charge is 2.27. The number of benzene rings is 1. The molecule has 0 bridgehead atoms. The number of anilines is 1. The van der Waals surface area contributed by atoms with Crippen molar-refractivity contribution in [3.63, 3.8) is 0 Å². The van der Waals surface area contributed by atoms with Crippen LogP contribution in [0.25, 0.3) is 0 Å². The Labute approximate surface area is 182 Å². The van der Waals surface area contributed by atoms with Crippen LogP contribution >= 0.6 is 11.3 Å². The second-order valence-corrected chi connectivity index (χ2v) is 9.08. The maximum atomic E-state index is 12.8. The summed E-state index contributed by atoms with van der Waals surface area (Å²) in [4.78, 5) is 34.5. The molecule has 2 fully saturated rings. The number of thiophene rings is 1. The molecule has 30 heavy (non-hydrogen) atoms. The van der Waals surface area contributed by atoms with E-state index in [1.54, 1.807) is 0 Å². The largest absolute Gasteiger partial charge is 0.369 e. The highest BCUT2D eigenvalue weighted by molar-refractivity contribution is 7.12. The summed E-state index contributed by atoms with van der Waals surface area (Å²) in [5, 5.41) is 1.92. The zero-order chi connectivity index (χ0) is 21.1. The summed E-state index contributed by atoms with van der Waals surface area (Å²) in [5.74, 6) is 0.262. The molecular formula is C23H30N4O2S. The standard InChI is InChI=1S/C23H30N4O2S/c1-18-5-3-6-20(19(18)2)25-10-8-24(9-11-25)17-22(28)26-12-14-27(15-13-26)23(29)21-7-4-16-30-21/h3-7,16H,8-15,17H2,1-2H3. The van der Waals surface area contributed by atoms with Gasteiger partial charge in [0.1, 0.15) is 0 Å². The van der Waals surface area contributed by atoms with Crippen molar-refractivity contribution in [1.82, 2.24) is 14.7 Å². The molecule has 160 valence electrons. The molecule has 0 N–H and O–H groups in total. The number of amides is 2. The van der Waals surface area contributed by atoms with Crippen LogP contribution in [0.3, 0.4) is 0 Å². The van der Waals surface area contributed by atoms with Gasteiger partial charge in [0.2, 0.25) is 5.91 Å². The molecule has 0 saturated carbocycles. The van der Waals surface area contributed by atoms with E-state index >= 15 is 0 Å². The molecule has 0 unspecified atom stereocenters. The molecular weight excluding hydrogens is 396 g/mol. The predicted molar refractivity (Wildman–Crippen MR) is 121 cm³/mol. The third kappa shape index (κ3) is 4.52. The Morgan fingerprint density at radius 2 is 1.57 bits per heavy atom. The fraction of sp³-hybridized carbons (Fsp3) is 0.478. The Balaban J connectivity index is 1.24. The van der Waals surface area contributed by atoms with E-state index in [2.05, 4.69) is 41.8 Å². The van der Waals surface area contributed by atoms with Crippen molar-refractivity contribution in [3.05, 3.63) is 51.7 Å². The summed E-state index contributed by atoms with van der Waals surface area (Å²) in [6, 6.07) is 10.2. The van der Waals surface area contributed by atoms with Crippen molar-refractivity contribution in [2.24, 2.45) is 0 Å². The fourth-order valence-corrected chi connectivity index (χ4v) is 4.92. The molecule has 2 saturated heterocycles. The molecule has 0 atom stereocenters. The van der Waals surface area contributed by atoms with Gasteiger partial charge in [-0.3, -0.25) is 14.5 Å². The fourth-order valence-electron chi connectivity index (χ4n) is 4.23. The molecule has 0 radical (unpaired) electrons. The van der Waals surface area contributed by atoms with Crippen LogP contribution in [0.5, 0.6) is 0 Å². The van der Waals surface area contributed by atoms with Crippen LogP contribution in [-0.4, -0.2) is 85.4 Å². The van der Waals surface area contributed by atoms with Crippen LogP contribution in [0.2, 0.25) is 0 Å². The lowest BCUT2D eigenvalue weighted by atomic mass is 10.1. The van der Waals surface area contributed by atoms with Gasteiger partial charge in [0, 0.05) is 58.0 Å². The van der Waals surface area contributed by atoms with Gasteiger partial charge in [-0.05, 0) is 42.5 Å². The smallest absolute Gasteiger partial charge is 0.264 e. The first-order valence-electron chi connectivity index (χ1n) is 10.7. The zero-order valence-corrected chi connectivity index (χ0v) is 18.7. The quantitative estimate of drug-likeness (QED) is 0.754. The average Bonchev–Trinajstić information content (AvgIpc) is 3.31. The van der Waals surface area contributed by atoms with Gasteiger partial charge in [-0.1, -0.05) is 18.2 Å². The number of piperazine rings is 2. The summed E-state index contributed by atoms with van der Waals surface area (Å²) >= 11 is 1.47. The minimum Gasteiger partial charge on any atom is -0.369 e. The van der Waals surface area contributed by atoms with E-state index in [1.165, 1.54) is 28.2 Å². The van der Waals surface area contributed by atoms with Crippen molar-refractivity contribution in [3.8, 4) is 0 Å². The number of carbonyl (C=O) groups is 2. The molecule has 0 spiro atoms. The molecule has 2 amide bonds. The Kier molecular flexibility index (Phi) is 6.39. The number of nitrogens with zero attached hydrogens (tertiary/aromatic N) is 4. The summed E-state index contributed by atoms with van der Waals surface area (Å²) in [7, 11) is 0. The normalized spacial score (nSPS) is 18.0. The van der Waals surface area contributed by atoms with Crippen LogP contribution in [-0.2, 0) is 4.79 Å². The lowest BCUT2D eigenvalue weighted by molar-refractivity contribution is -0.134. The highest BCUT2D eigenvalue weighted by atomic mass is 32.1. The van der Waals surface area contributed by atoms with Gasteiger partial charge in [0.15, 0.2) is 0 Å². The van der Waals surface area contributed by atoms with Gasteiger partial charge in [-0.2, -0.15) is 0 Å². The second kappa shape index (κ2) is 9.18. The molecule has 2 aliphatic rings. The van der Waals surface area contributed by atoms with Gasteiger partial charge in [0.05, 0.1) is 11.4 Å². The summed E-state index contributed by atoms with van der Waals surface area (Å²) < 4.78 is 0. The topological polar surface area (TPSA) is 47.1 Å². The first kappa shape index (κ1) is 20.9. The molecule has 2 aliphatic heterocycles. The minimum atomic E-state index is 0.0830. The predicted octanol–water partition coefficient (Wildman–Crippen LogP) is 2.47. The Hall–Kier alpha value is -2.38. The molecule has 0 aliphatic carbocycles. The number of hydrogen-bond donors (Lipinski definition) is 0. The summed E-state index contributed by atoms with van der Waals surface area (Å²) in [6.45, 7) is 11.0. The van der Waals surface area contributed by atoms with Gasteiger partial charge < -0.3 is 14.7 Å². The molecule has 2 aromatic rings. The number of hydrogen-bond acceptors (Lipinski definition) is 5. The van der Waals surface area contributed by atoms with Crippen LogP contribution in [0, 0.1) is 13.8 Å². The second-order valence-electron chi connectivity index (χ2n) is 8.13. The third-order valence-electron chi connectivity index (χ3n) is 6.30. The van der Waals surface area contributed by atoms with Gasteiger partial charge in [-0.15, -0.1) is 11.3 Å². The first-order valence-corrected chi connectivity index (χ1v) is 11.5. The van der Waals surface area contributed by atoms with Crippen LogP contribution < -0.4 is 4.90 Å². The Morgan fingerprint density at radius 1 is 0.867 bits per heavy atom. The molecule has 1 aromatic carbocycles. The zero-order valence-electron chi connectivity index (χ0n) is 17.8. The first-order chi connectivity index (χ1) is 14.5. The molecule has 4 rings (SSSR count). The molecule has 7 heteroatoms. The lowest BCUT2D eigenvalue weighted by Crippen LogP contribution is -2.54. The highest BCUT2D eigenvalue weighted by Crippen LogP contribution is 2.24. The van der Waals surface area contributed by atoms with Gasteiger partial charge in [-0.25, -0.2) is 0 Å². The summed E-state index contributed by atoms with van der Waals surface area (Å²) in [5.41, 5.74) is 3.98. The number of carbonyl (C=O) groups excluding carboxylic acids is 2. The van der Waals surface area contributed by atoms with Crippen LogP contribution in [0.4, 0.5) is 5.69 Å². The van der Waals surface area contributed by atoms with E-state index in [-0.39, 0.29) is 11.8 Å². The average molecular weight is 427 g/mol. The molecule has 3 heterocycles. The van der Waals surface area contributed by atoms with E-state index in [4.69, 9.17) is 0 Å². The van der Waals surface area contributed by atoms with Crippen molar-refractivity contribution in [1.29, 1.82) is 0 Å². The third-order valence-corrected chi connectivity index (χ3v) is 7.16. The van der Waals surface area contributed by atoms with Gasteiger partial charge in [0.25, 0.3) is 5.91 Å². The van der Waals surface area contributed by atoms with Gasteiger partial charge >= 0.3 is 0 Å². The molecule has 6 nitrogen and oxygen atoms in total. The van der Waals surface area contributed by atoms with Crippen molar-refractivity contribution < 1.29 is 9.59 Å². The van der Waals surface area contributed by atoms with E-state index in [0.29, 0.717) is 32.7 Å². The number of aryl methyl sites for hydroxylation is 1. The minimum absolute atomic E-state index is 0.0830. The Bertz CT molecular complexity index is 883. The van der Waals surface area contributed by atoms with E-state index < -0.39 is 0 Å². The SMILES string of the molecule is Cc1cccc(N2CCN(CC(=O)N3CCN(C(=O)c4cccs4)CC3)CC2)c1C. The van der Waals surface area contributed by atoms with Crippen molar-refractivity contribution >= 4 is 28.8 Å². The van der Waals surface area contributed by atoms with Crippen molar-refractivity contribution in [2.75, 3.05) is 63.8 Å². The molecule has 1 aromatic heterocycles. The monoisotopic (exact) mass is 426 g/mol. The van der Waals surface area contributed by atoms with E-state index in [9.17, 15) is 9.59 Å². The number of rotatable bonds is 4. The van der Waals surface area contributed by atoms with Crippen LogP contribution in [0.1, 0.15) is 20.8 Å². The van der Waals surface area contributed by atoms with Crippen molar-refractivity contribution in [2.45, 2.75) is 13.8 Å². The lowest BCUT2D eigenvalue weighted by Gasteiger charge is -2.39. The Morgan fingerprint density at radius 3 is 2.23 bits per heavy atom. The maximum Gasteiger partial charge on any atom is 0.264 e. The summed E-state index contributed by atoms with van der Waals surface area (Å²) in [6.07, 6.45) is 0.